The molecule has 2 aromatic carbocycles. The van der Waals surface area contributed by atoms with Crippen LogP contribution in [0, 0.1) is 5.41 Å². The van der Waals surface area contributed by atoms with E-state index in [0.29, 0.717) is 5.92 Å². The molecule has 0 fully saturated rings. The summed E-state index contributed by atoms with van der Waals surface area (Å²) < 4.78 is 0. The Bertz CT molecular complexity index is 817. The maximum absolute atomic E-state index is 2.49. The third-order valence-corrected chi connectivity index (χ3v) is 5.89. The molecule has 0 N–H and O–H groups in total. The van der Waals surface area contributed by atoms with Crippen molar-refractivity contribution in [2.45, 2.75) is 85.5 Å². The molecule has 0 aliphatic heterocycles. The predicted octanol–water partition coefficient (Wildman–Crippen LogP) is 7.36. The van der Waals surface area contributed by atoms with Gasteiger partial charge in [-0.2, -0.15) is 0 Å². The van der Waals surface area contributed by atoms with Gasteiger partial charge in [-0.3, -0.25) is 0 Å². The average molecular weight is 349 g/mol. The average Bonchev–Trinajstić information content (AvgIpc) is 2.48. The molecule has 1 atom stereocenters. The molecular weight excluding hydrogens is 312 g/mol. The molecule has 0 amide bonds. The van der Waals surface area contributed by atoms with Crippen LogP contribution in [0.2, 0.25) is 0 Å². The van der Waals surface area contributed by atoms with Crippen LogP contribution in [0.5, 0.6) is 0 Å². The summed E-state index contributed by atoms with van der Waals surface area (Å²) in [5.74, 6) is 0.456. The lowest BCUT2D eigenvalue weighted by molar-refractivity contribution is 0.352. The van der Waals surface area contributed by atoms with E-state index in [9.17, 15) is 0 Å². The molecule has 0 aromatic heterocycles. The Morgan fingerprint density at radius 3 is 1.69 bits per heavy atom. The predicted molar refractivity (Wildman–Crippen MR) is 114 cm³/mol. The summed E-state index contributed by atoms with van der Waals surface area (Å²) >= 11 is 0. The van der Waals surface area contributed by atoms with Crippen molar-refractivity contribution < 1.29 is 0 Å². The van der Waals surface area contributed by atoms with Crippen molar-refractivity contribution >= 4 is 0 Å². The van der Waals surface area contributed by atoms with Gasteiger partial charge in [-0.15, -0.1) is 0 Å². The Hall–Kier alpha value is -1.56. The van der Waals surface area contributed by atoms with E-state index in [1.807, 2.05) is 0 Å². The maximum atomic E-state index is 2.49. The lowest BCUT2D eigenvalue weighted by atomic mass is 9.65. The standard InChI is InChI=1S/C26H36/c1-24(2,3)19-12-13-21-18(15-19)14-17-10-11-20(25(4,5)6)16-22(17)23(21)26(7,8)9/h10-13,15-16,23H,14H2,1-9H3. The highest BCUT2D eigenvalue weighted by atomic mass is 14.4. The summed E-state index contributed by atoms with van der Waals surface area (Å²) in [6.07, 6.45) is 1.06. The molecule has 0 saturated carbocycles. The van der Waals surface area contributed by atoms with Crippen LogP contribution < -0.4 is 0 Å². The Morgan fingerprint density at radius 2 is 1.15 bits per heavy atom. The summed E-state index contributed by atoms with van der Waals surface area (Å²) in [5.41, 5.74) is 9.58. The van der Waals surface area contributed by atoms with Crippen molar-refractivity contribution in [2.24, 2.45) is 5.41 Å². The monoisotopic (exact) mass is 348 g/mol. The molecule has 3 rings (SSSR count). The smallest absolute Gasteiger partial charge is 0.0144 e. The van der Waals surface area contributed by atoms with Crippen molar-refractivity contribution in [1.29, 1.82) is 0 Å². The minimum atomic E-state index is 0.188. The number of fused-ring (bicyclic) bond motifs is 2. The molecule has 0 radical (unpaired) electrons. The number of hydrogen-bond acceptors (Lipinski definition) is 0. The van der Waals surface area contributed by atoms with Crippen molar-refractivity contribution in [3.05, 3.63) is 69.8 Å². The summed E-state index contributed by atoms with van der Waals surface area (Å²) in [4.78, 5) is 0. The SMILES string of the molecule is CC(C)(C)c1ccc2c(c1)Cc1ccc(C(C)(C)C)cc1C2C(C)(C)C. The third-order valence-electron chi connectivity index (χ3n) is 5.89. The maximum Gasteiger partial charge on any atom is 0.0144 e. The highest BCUT2D eigenvalue weighted by Gasteiger charge is 2.35. The fraction of sp³-hybridized carbons (Fsp3) is 0.538. The Balaban J connectivity index is 2.20. The second kappa shape index (κ2) is 5.98. The number of hydrogen-bond donors (Lipinski definition) is 0. The first-order valence-corrected chi connectivity index (χ1v) is 10.0. The van der Waals surface area contributed by atoms with Crippen molar-refractivity contribution in [2.75, 3.05) is 0 Å². The summed E-state index contributed by atoms with van der Waals surface area (Å²) in [5, 5.41) is 0. The zero-order chi connectivity index (χ0) is 19.5. The van der Waals surface area contributed by atoms with Gasteiger partial charge >= 0.3 is 0 Å². The lowest BCUT2D eigenvalue weighted by Crippen LogP contribution is -2.27. The first-order valence-electron chi connectivity index (χ1n) is 10.0. The molecule has 0 saturated heterocycles. The second-order valence-electron chi connectivity index (χ2n) is 11.3. The van der Waals surface area contributed by atoms with Crippen LogP contribution in [0.4, 0.5) is 0 Å². The van der Waals surface area contributed by atoms with Crippen molar-refractivity contribution in [3.63, 3.8) is 0 Å². The Kier molecular flexibility index (Phi) is 4.42. The van der Waals surface area contributed by atoms with E-state index in [2.05, 4.69) is 98.7 Å². The van der Waals surface area contributed by atoms with Gasteiger partial charge in [0.25, 0.3) is 0 Å². The zero-order valence-electron chi connectivity index (χ0n) is 18.2. The molecule has 26 heavy (non-hydrogen) atoms. The van der Waals surface area contributed by atoms with E-state index in [-0.39, 0.29) is 16.2 Å². The van der Waals surface area contributed by atoms with Gasteiger partial charge in [0, 0.05) is 5.92 Å². The number of benzene rings is 2. The van der Waals surface area contributed by atoms with Crippen LogP contribution in [0.1, 0.15) is 102 Å². The molecule has 1 unspecified atom stereocenters. The molecule has 0 nitrogen and oxygen atoms in total. The van der Waals surface area contributed by atoms with Crippen LogP contribution in [-0.2, 0) is 17.3 Å². The lowest BCUT2D eigenvalue weighted by Gasteiger charge is -2.39. The van der Waals surface area contributed by atoms with Gasteiger partial charge in [0.2, 0.25) is 0 Å². The quantitative estimate of drug-likeness (QED) is 0.466. The largest absolute Gasteiger partial charge is 0.0593 e. The van der Waals surface area contributed by atoms with Gasteiger partial charge in [-0.25, -0.2) is 0 Å². The van der Waals surface area contributed by atoms with Crippen LogP contribution >= 0.6 is 0 Å². The highest BCUT2D eigenvalue weighted by Crippen LogP contribution is 2.48. The number of rotatable bonds is 0. The van der Waals surface area contributed by atoms with E-state index < -0.39 is 0 Å². The Labute approximate surface area is 161 Å². The molecule has 0 heteroatoms. The third kappa shape index (κ3) is 3.48. The first-order chi connectivity index (χ1) is 11.8. The van der Waals surface area contributed by atoms with E-state index in [0.717, 1.165) is 6.42 Å². The molecule has 1 aliphatic rings. The molecular formula is C26H36. The van der Waals surface area contributed by atoms with Crippen LogP contribution in [-0.4, -0.2) is 0 Å². The summed E-state index contributed by atoms with van der Waals surface area (Å²) in [6, 6.07) is 14.5. The van der Waals surface area contributed by atoms with Crippen molar-refractivity contribution in [1.82, 2.24) is 0 Å². The Morgan fingerprint density at radius 1 is 0.615 bits per heavy atom. The molecule has 0 bridgehead atoms. The second-order valence-corrected chi connectivity index (χ2v) is 11.3. The summed E-state index contributed by atoms with van der Waals surface area (Å²) in [6.45, 7) is 21.0. The molecule has 1 aliphatic carbocycles. The zero-order valence-corrected chi connectivity index (χ0v) is 18.2. The van der Waals surface area contributed by atoms with Gasteiger partial charge in [-0.1, -0.05) is 98.7 Å². The molecule has 2 aromatic rings. The minimum Gasteiger partial charge on any atom is -0.0593 e. The molecule has 0 spiro atoms. The van der Waals surface area contributed by atoms with E-state index in [1.54, 1.807) is 5.56 Å². The topological polar surface area (TPSA) is 0 Å². The van der Waals surface area contributed by atoms with Crippen LogP contribution in [0.3, 0.4) is 0 Å². The van der Waals surface area contributed by atoms with E-state index in [4.69, 9.17) is 0 Å². The van der Waals surface area contributed by atoms with Crippen LogP contribution in [0.15, 0.2) is 36.4 Å². The van der Waals surface area contributed by atoms with Crippen LogP contribution in [0.25, 0.3) is 0 Å². The van der Waals surface area contributed by atoms with Gasteiger partial charge in [-0.05, 0) is 56.0 Å². The van der Waals surface area contributed by atoms with Gasteiger partial charge in [0.1, 0.15) is 0 Å². The normalized spacial score (nSPS) is 17.7. The van der Waals surface area contributed by atoms with E-state index >= 15 is 0 Å². The van der Waals surface area contributed by atoms with Gasteiger partial charge < -0.3 is 0 Å². The highest BCUT2D eigenvalue weighted by molar-refractivity contribution is 5.53. The van der Waals surface area contributed by atoms with E-state index in [1.165, 1.54) is 27.8 Å². The molecule has 0 heterocycles. The van der Waals surface area contributed by atoms with Gasteiger partial charge in [0.15, 0.2) is 0 Å². The minimum absolute atomic E-state index is 0.188. The first kappa shape index (κ1) is 19.2. The van der Waals surface area contributed by atoms with Crippen molar-refractivity contribution in [3.8, 4) is 0 Å². The van der Waals surface area contributed by atoms with Gasteiger partial charge in [0.05, 0.1) is 0 Å². The fourth-order valence-electron chi connectivity index (χ4n) is 4.30. The summed E-state index contributed by atoms with van der Waals surface area (Å²) in [7, 11) is 0. The molecule has 140 valence electrons. The fourth-order valence-corrected chi connectivity index (χ4v) is 4.30.